The lowest BCUT2D eigenvalue weighted by atomic mass is 9.90. The van der Waals surface area contributed by atoms with Gasteiger partial charge in [-0.3, -0.25) is 4.79 Å². The summed E-state index contributed by atoms with van der Waals surface area (Å²) in [5.74, 6) is 2.43. The number of aliphatic carboxylic acids is 1. The maximum Gasteiger partial charge on any atom is 0.307 e. The number of hydrogen-bond donors (Lipinski definition) is 1. The highest BCUT2D eigenvalue weighted by Crippen LogP contribution is 2.59. The van der Waals surface area contributed by atoms with E-state index in [1.807, 2.05) is 18.2 Å². The number of terminal acetylenes is 1. The number of carboxylic acid groups (broad SMARTS) is 1. The fourth-order valence-corrected chi connectivity index (χ4v) is 3.05. The molecule has 2 heteroatoms. The highest BCUT2D eigenvalue weighted by Gasteiger charge is 2.57. The van der Waals surface area contributed by atoms with E-state index in [1.54, 1.807) is 0 Å². The molecule has 2 aliphatic carbocycles. The fourth-order valence-electron chi connectivity index (χ4n) is 3.05. The predicted octanol–water partition coefficient (Wildman–Crippen LogP) is 2.03. The van der Waals surface area contributed by atoms with Gasteiger partial charge in [-0.2, -0.15) is 0 Å². The molecule has 3 rings (SSSR count). The van der Waals surface area contributed by atoms with E-state index in [0.29, 0.717) is 5.92 Å². The Balaban J connectivity index is 2.00. The molecule has 3 atom stereocenters. The summed E-state index contributed by atoms with van der Waals surface area (Å²) in [6.07, 6.45) is 7.32. The average molecular weight is 212 g/mol. The second-order valence-electron chi connectivity index (χ2n) is 4.65. The van der Waals surface area contributed by atoms with E-state index >= 15 is 0 Å². The Bertz CT molecular complexity index is 510. The monoisotopic (exact) mass is 212 g/mol. The van der Waals surface area contributed by atoms with Crippen molar-refractivity contribution >= 4 is 5.97 Å². The van der Waals surface area contributed by atoms with Crippen molar-refractivity contribution in [2.24, 2.45) is 11.8 Å². The van der Waals surface area contributed by atoms with Crippen LogP contribution in [-0.4, -0.2) is 11.1 Å². The van der Waals surface area contributed by atoms with Gasteiger partial charge >= 0.3 is 5.97 Å². The van der Waals surface area contributed by atoms with Crippen LogP contribution < -0.4 is 0 Å². The number of fused-ring (bicyclic) bond motifs is 3. The van der Waals surface area contributed by atoms with Gasteiger partial charge in [0.15, 0.2) is 0 Å². The third-order valence-electron chi connectivity index (χ3n) is 3.87. The van der Waals surface area contributed by atoms with Crippen LogP contribution in [0.3, 0.4) is 0 Å². The SMILES string of the molecule is C#Cc1ccc2c(c1)CCC1C(C(=O)O)C21. The first-order valence-electron chi connectivity index (χ1n) is 5.54. The third-order valence-corrected chi connectivity index (χ3v) is 3.87. The topological polar surface area (TPSA) is 37.3 Å². The molecule has 0 heterocycles. The molecule has 0 aromatic heterocycles. The Morgan fingerprint density at radius 3 is 3.00 bits per heavy atom. The molecule has 0 spiro atoms. The highest BCUT2D eigenvalue weighted by atomic mass is 16.4. The summed E-state index contributed by atoms with van der Waals surface area (Å²) in [6.45, 7) is 0. The van der Waals surface area contributed by atoms with Gasteiger partial charge in [0.25, 0.3) is 0 Å². The van der Waals surface area contributed by atoms with Crippen LogP contribution in [-0.2, 0) is 11.2 Å². The lowest BCUT2D eigenvalue weighted by molar-refractivity contribution is -0.138. The predicted molar refractivity (Wildman–Crippen MR) is 60.1 cm³/mol. The van der Waals surface area contributed by atoms with Gasteiger partial charge in [-0.05, 0) is 42.0 Å². The highest BCUT2D eigenvalue weighted by molar-refractivity contribution is 5.77. The van der Waals surface area contributed by atoms with Crippen LogP contribution in [0.25, 0.3) is 0 Å². The molecule has 0 saturated heterocycles. The van der Waals surface area contributed by atoms with Crippen molar-refractivity contribution in [2.75, 3.05) is 0 Å². The van der Waals surface area contributed by atoms with Gasteiger partial charge in [0, 0.05) is 11.5 Å². The Labute approximate surface area is 94.3 Å². The number of carbonyl (C=O) groups is 1. The summed E-state index contributed by atoms with van der Waals surface area (Å²) in [5, 5.41) is 9.08. The fraction of sp³-hybridized carbons (Fsp3) is 0.357. The molecular weight excluding hydrogens is 200 g/mol. The van der Waals surface area contributed by atoms with Gasteiger partial charge in [0.1, 0.15) is 0 Å². The lowest BCUT2D eigenvalue weighted by Gasteiger charge is -2.14. The van der Waals surface area contributed by atoms with Gasteiger partial charge in [-0.1, -0.05) is 12.0 Å². The van der Waals surface area contributed by atoms with E-state index in [4.69, 9.17) is 11.5 Å². The van der Waals surface area contributed by atoms with Gasteiger partial charge in [-0.25, -0.2) is 0 Å². The Kier molecular flexibility index (Phi) is 1.85. The van der Waals surface area contributed by atoms with Gasteiger partial charge in [0.2, 0.25) is 0 Å². The van der Waals surface area contributed by atoms with Crippen molar-refractivity contribution in [3.05, 3.63) is 34.9 Å². The molecule has 0 bridgehead atoms. The van der Waals surface area contributed by atoms with Crippen LogP contribution in [0, 0.1) is 24.2 Å². The maximum atomic E-state index is 11.0. The Hall–Kier alpha value is -1.75. The van der Waals surface area contributed by atoms with Crippen LogP contribution in [0.4, 0.5) is 0 Å². The minimum Gasteiger partial charge on any atom is -0.481 e. The summed E-state index contributed by atoms with van der Waals surface area (Å²) >= 11 is 0. The molecule has 1 N–H and O–H groups in total. The normalized spacial score (nSPS) is 29.8. The maximum absolute atomic E-state index is 11.0. The first-order chi connectivity index (χ1) is 7.72. The Morgan fingerprint density at radius 2 is 2.31 bits per heavy atom. The van der Waals surface area contributed by atoms with E-state index < -0.39 is 5.97 Å². The molecule has 0 amide bonds. The molecule has 0 aliphatic heterocycles. The second-order valence-corrected chi connectivity index (χ2v) is 4.65. The van der Waals surface area contributed by atoms with Crippen molar-refractivity contribution in [1.82, 2.24) is 0 Å². The molecule has 80 valence electrons. The van der Waals surface area contributed by atoms with Crippen molar-refractivity contribution < 1.29 is 9.90 Å². The number of aryl methyl sites for hydroxylation is 1. The molecule has 1 aromatic carbocycles. The van der Waals surface area contributed by atoms with Crippen molar-refractivity contribution in [1.29, 1.82) is 0 Å². The lowest BCUT2D eigenvalue weighted by Crippen LogP contribution is -2.01. The zero-order chi connectivity index (χ0) is 11.3. The average Bonchev–Trinajstić information content (AvgIpc) is 3.02. The van der Waals surface area contributed by atoms with E-state index in [2.05, 4.69) is 5.92 Å². The Morgan fingerprint density at radius 1 is 1.50 bits per heavy atom. The summed E-state index contributed by atoms with van der Waals surface area (Å²) in [6, 6.07) is 5.96. The quantitative estimate of drug-likeness (QED) is 0.723. The second kappa shape index (κ2) is 3.12. The van der Waals surface area contributed by atoms with Crippen LogP contribution in [0.5, 0.6) is 0 Å². The summed E-state index contributed by atoms with van der Waals surface area (Å²) < 4.78 is 0. The molecule has 2 nitrogen and oxygen atoms in total. The van der Waals surface area contributed by atoms with E-state index in [0.717, 1.165) is 18.4 Å². The summed E-state index contributed by atoms with van der Waals surface area (Å²) in [7, 11) is 0. The zero-order valence-electron chi connectivity index (χ0n) is 8.81. The summed E-state index contributed by atoms with van der Waals surface area (Å²) in [4.78, 5) is 11.0. The molecule has 1 fully saturated rings. The molecule has 2 aliphatic rings. The molecule has 0 radical (unpaired) electrons. The standard InChI is InChI=1S/C14H12O2/c1-2-8-3-5-10-9(7-8)4-6-11-12(10)13(11)14(15)16/h1,3,5,7,11-13H,4,6H2,(H,15,16). The number of carboxylic acids is 1. The first kappa shape index (κ1) is 9.47. The zero-order valence-corrected chi connectivity index (χ0v) is 8.81. The third kappa shape index (κ3) is 1.18. The minimum absolute atomic E-state index is 0.155. The van der Waals surface area contributed by atoms with Crippen LogP contribution >= 0.6 is 0 Å². The number of benzene rings is 1. The molecular formula is C14H12O2. The minimum atomic E-state index is -0.649. The molecule has 1 aromatic rings. The molecule has 16 heavy (non-hydrogen) atoms. The van der Waals surface area contributed by atoms with E-state index in [1.165, 1.54) is 11.1 Å². The molecule has 3 unspecified atom stereocenters. The van der Waals surface area contributed by atoms with Crippen molar-refractivity contribution in [2.45, 2.75) is 18.8 Å². The largest absolute Gasteiger partial charge is 0.481 e. The van der Waals surface area contributed by atoms with Crippen LogP contribution in [0.2, 0.25) is 0 Å². The molecule has 1 saturated carbocycles. The van der Waals surface area contributed by atoms with Crippen molar-refractivity contribution in [3.63, 3.8) is 0 Å². The van der Waals surface area contributed by atoms with Gasteiger partial charge < -0.3 is 5.11 Å². The van der Waals surface area contributed by atoms with Gasteiger partial charge in [0.05, 0.1) is 5.92 Å². The van der Waals surface area contributed by atoms with Crippen LogP contribution in [0.1, 0.15) is 29.0 Å². The first-order valence-corrected chi connectivity index (χ1v) is 5.54. The smallest absolute Gasteiger partial charge is 0.307 e. The van der Waals surface area contributed by atoms with E-state index in [9.17, 15) is 4.79 Å². The summed E-state index contributed by atoms with van der Waals surface area (Å²) in [5.41, 5.74) is 3.35. The van der Waals surface area contributed by atoms with Gasteiger partial charge in [-0.15, -0.1) is 6.42 Å². The van der Waals surface area contributed by atoms with Crippen molar-refractivity contribution in [3.8, 4) is 12.3 Å². The van der Waals surface area contributed by atoms with Crippen LogP contribution in [0.15, 0.2) is 18.2 Å². The number of hydrogen-bond acceptors (Lipinski definition) is 1. The number of rotatable bonds is 1. The van der Waals surface area contributed by atoms with E-state index in [-0.39, 0.29) is 11.8 Å².